The molecule has 32 heavy (non-hydrogen) atoms. The van der Waals surface area contributed by atoms with E-state index in [2.05, 4.69) is 27.0 Å². The van der Waals surface area contributed by atoms with E-state index in [9.17, 15) is 13.6 Å². The molecule has 164 valence electrons. The molecule has 7 nitrogen and oxygen atoms in total. The molecule has 0 unspecified atom stereocenters. The SMILES string of the molecule is C[C@@H]1CCN(C(=O)c2cnc3c(Cl)cccc3c2)C[C@H]1c1cc(C(F)F)nc2ncnn12. The molecule has 1 aliphatic heterocycles. The van der Waals surface area contributed by atoms with Crippen molar-refractivity contribution in [2.45, 2.75) is 25.7 Å². The number of aromatic nitrogens is 5. The molecular weight excluding hydrogens is 438 g/mol. The zero-order valence-corrected chi connectivity index (χ0v) is 17.9. The fourth-order valence-corrected chi connectivity index (χ4v) is 4.52. The van der Waals surface area contributed by atoms with Crippen molar-refractivity contribution in [2.75, 3.05) is 13.1 Å². The number of nitrogens with zero attached hydrogens (tertiary/aromatic N) is 6. The van der Waals surface area contributed by atoms with Crippen LogP contribution in [0.4, 0.5) is 8.78 Å². The minimum Gasteiger partial charge on any atom is -0.338 e. The molecule has 1 fully saturated rings. The maximum atomic E-state index is 13.4. The van der Waals surface area contributed by atoms with Crippen molar-refractivity contribution in [3.63, 3.8) is 0 Å². The summed E-state index contributed by atoms with van der Waals surface area (Å²) >= 11 is 6.18. The lowest BCUT2D eigenvalue weighted by molar-refractivity contribution is 0.0665. The van der Waals surface area contributed by atoms with E-state index in [1.807, 2.05) is 12.1 Å². The molecule has 0 spiro atoms. The summed E-state index contributed by atoms with van der Waals surface area (Å²) < 4.78 is 28.3. The lowest BCUT2D eigenvalue weighted by Crippen LogP contribution is -2.42. The highest BCUT2D eigenvalue weighted by Crippen LogP contribution is 2.34. The molecule has 0 saturated carbocycles. The third kappa shape index (κ3) is 3.56. The number of pyridine rings is 1. The molecule has 4 heterocycles. The molecule has 1 saturated heterocycles. The number of alkyl halides is 2. The Kier molecular flexibility index (Phi) is 5.21. The van der Waals surface area contributed by atoms with E-state index in [1.54, 1.807) is 17.0 Å². The van der Waals surface area contributed by atoms with Gasteiger partial charge >= 0.3 is 0 Å². The third-order valence-corrected chi connectivity index (χ3v) is 6.36. The van der Waals surface area contributed by atoms with Crippen molar-refractivity contribution in [1.82, 2.24) is 29.5 Å². The number of hydrogen-bond donors (Lipinski definition) is 0. The molecule has 2 atom stereocenters. The molecule has 10 heteroatoms. The Labute approximate surface area is 187 Å². The van der Waals surface area contributed by atoms with E-state index in [0.29, 0.717) is 34.9 Å². The molecule has 0 N–H and O–H groups in total. The van der Waals surface area contributed by atoms with Crippen LogP contribution >= 0.6 is 11.6 Å². The number of halogens is 3. The molecular formula is C22H19ClF2N6O. The van der Waals surface area contributed by atoms with Crippen LogP contribution in [0, 0.1) is 5.92 Å². The van der Waals surface area contributed by atoms with Gasteiger partial charge in [0.2, 0.25) is 0 Å². The summed E-state index contributed by atoms with van der Waals surface area (Å²) in [6.45, 7) is 2.99. The van der Waals surface area contributed by atoms with E-state index in [0.717, 1.165) is 11.8 Å². The van der Waals surface area contributed by atoms with Gasteiger partial charge in [0.05, 0.1) is 21.8 Å². The Balaban J connectivity index is 1.48. The second-order valence-electron chi connectivity index (χ2n) is 8.04. The third-order valence-electron chi connectivity index (χ3n) is 6.06. The zero-order chi connectivity index (χ0) is 22.4. The quantitative estimate of drug-likeness (QED) is 0.452. The highest BCUT2D eigenvalue weighted by molar-refractivity contribution is 6.35. The lowest BCUT2D eigenvalue weighted by atomic mass is 9.84. The van der Waals surface area contributed by atoms with Gasteiger partial charge in [0.15, 0.2) is 0 Å². The Morgan fingerprint density at radius 2 is 2.09 bits per heavy atom. The number of piperidine rings is 1. The largest absolute Gasteiger partial charge is 0.338 e. The van der Waals surface area contributed by atoms with Crippen LogP contribution in [0.2, 0.25) is 5.02 Å². The molecule has 1 amide bonds. The van der Waals surface area contributed by atoms with Crippen LogP contribution in [-0.2, 0) is 0 Å². The fraction of sp³-hybridized carbons (Fsp3) is 0.318. The van der Waals surface area contributed by atoms with Crippen molar-refractivity contribution < 1.29 is 13.6 Å². The first kappa shape index (κ1) is 20.7. The highest BCUT2D eigenvalue weighted by Gasteiger charge is 2.33. The minimum atomic E-state index is -2.72. The predicted octanol–water partition coefficient (Wildman–Crippen LogP) is 4.53. The molecule has 3 aromatic heterocycles. The Morgan fingerprint density at radius 3 is 2.91 bits per heavy atom. The van der Waals surface area contributed by atoms with E-state index in [-0.39, 0.29) is 29.2 Å². The summed E-state index contributed by atoms with van der Waals surface area (Å²) in [4.78, 5) is 27.3. The van der Waals surface area contributed by atoms with Gasteiger partial charge in [0.1, 0.15) is 12.0 Å². The number of carbonyl (C=O) groups excluding carboxylic acids is 1. The Morgan fingerprint density at radius 1 is 1.25 bits per heavy atom. The average molecular weight is 457 g/mol. The van der Waals surface area contributed by atoms with Gasteiger partial charge in [0.25, 0.3) is 18.1 Å². The maximum Gasteiger partial charge on any atom is 0.280 e. The summed E-state index contributed by atoms with van der Waals surface area (Å²) in [5.74, 6) is -0.0634. The first-order valence-corrected chi connectivity index (χ1v) is 10.6. The van der Waals surface area contributed by atoms with Gasteiger partial charge in [-0.05, 0) is 30.5 Å². The standard InChI is InChI=1S/C22H19ClF2N6O/c1-12-5-6-30(21(32)14-7-13-3-2-4-16(23)19(13)26-9-14)10-15(12)18-8-17(20(24)25)29-22-27-11-28-31(18)22/h2-4,7-9,11-12,15,20H,5-6,10H2,1H3/t12-,15-/m1/s1. The van der Waals surface area contributed by atoms with Crippen LogP contribution in [-0.4, -0.2) is 48.5 Å². The summed E-state index contributed by atoms with van der Waals surface area (Å²) in [6, 6.07) is 8.58. The van der Waals surface area contributed by atoms with Gasteiger partial charge in [-0.25, -0.2) is 18.3 Å². The van der Waals surface area contributed by atoms with Crippen molar-refractivity contribution in [3.8, 4) is 0 Å². The summed E-state index contributed by atoms with van der Waals surface area (Å²) in [6.07, 6.45) is 0.831. The van der Waals surface area contributed by atoms with Crippen molar-refractivity contribution in [1.29, 1.82) is 0 Å². The second kappa shape index (κ2) is 8.05. The Hall–Kier alpha value is -3.20. The molecule has 4 aromatic rings. The van der Waals surface area contributed by atoms with Gasteiger partial charge in [-0.3, -0.25) is 9.78 Å². The smallest absolute Gasteiger partial charge is 0.280 e. The van der Waals surface area contributed by atoms with E-state index >= 15 is 0 Å². The van der Waals surface area contributed by atoms with Crippen LogP contribution in [0.1, 0.15) is 47.4 Å². The number of fused-ring (bicyclic) bond motifs is 2. The summed E-state index contributed by atoms with van der Waals surface area (Å²) in [7, 11) is 0. The van der Waals surface area contributed by atoms with Gasteiger partial charge in [-0.1, -0.05) is 30.7 Å². The van der Waals surface area contributed by atoms with E-state index < -0.39 is 6.43 Å². The maximum absolute atomic E-state index is 13.4. The summed E-state index contributed by atoms with van der Waals surface area (Å²) in [5.41, 5.74) is 1.34. The van der Waals surface area contributed by atoms with Crippen molar-refractivity contribution in [3.05, 3.63) is 64.8 Å². The molecule has 0 bridgehead atoms. The molecule has 0 aliphatic carbocycles. The average Bonchev–Trinajstić information content (AvgIpc) is 3.27. The van der Waals surface area contributed by atoms with Gasteiger partial charge in [-0.2, -0.15) is 10.1 Å². The lowest BCUT2D eigenvalue weighted by Gasteiger charge is -2.37. The number of likely N-dealkylation sites (tertiary alicyclic amines) is 1. The van der Waals surface area contributed by atoms with Crippen LogP contribution in [0.25, 0.3) is 16.7 Å². The first-order chi connectivity index (χ1) is 15.4. The number of rotatable bonds is 3. The van der Waals surface area contributed by atoms with Gasteiger partial charge < -0.3 is 4.90 Å². The van der Waals surface area contributed by atoms with Crippen molar-refractivity contribution in [2.24, 2.45) is 5.92 Å². The highest BCUT2D eigenvalue weighted by atomic mass is 35.5. The number of amides is 1. The monoisotopic (exact) mass is 456 g/mol. The molecule has 5 rings (SSSR count). The van der Waals surface area contributed by atoms with E-state index in [1.165, 1.54) is 23.1 Å². The number of carbonyl (C=O) groups is 1. The molecule has 1 aromatic carbocycles. The second-order valence-corrected chi connectivity index (χ2v) is 8.44. The normalized spacial score (nSPS) is 19.2. The minimum absolute atomic E-state index is 0.129. The summed E-state index contributed by atoms with van der Waals surface area (Å²) in [5, 5.41) is 5.48. The topological polar surface area (TPSA) is 76.3 Å². The first-order valence-electron chi connectivity index (χ1n) is 10.2. The van der Waals surface area contributed by atoms with E-state index in [4.69, 9.17) is 11.6 Å². The van der Waals surface area contributed by atoms with Crippen molar-refractivity contribution >= 4 is 34.2 Å². The van der Waals surface area contributed by atoms with Crippen LogP contribution < -0.4 is 0 Å². The number of benzene rings is 1. The molecule has 1 aliphatic rings. The van der Waals surface area contributed by atoms with Crippen LogP contribution in [0.3, 0.4) is 0 Å². The zero-order valence-electron chi connectivity index (χ0n) is 17.1. The number of hydrogen-bond acceptors (Lipinski definition) is 5. The Bertz CT molecular complexity index is 1330. The van der Waals surface area contributed by atoms with Crippen LogP contribution in [0.15, 0.2) is 42.9 Å². The van der Waals surface area contributed by atoms with Gasteiger partial charge in [-0.15, -0.1) is 0 Å². The fourth-order valence-electron chi connectivity index (χ4n) is 4.29. The molecule has 0 radical (unpaired) electrons. The van der Waals surface area contributed by atoms with Gasteiger partial charge in [0, 0.05) is 30.6 Å². The number of para-hydroxylation sites is 1. The predicted molar refractivity (Wildman–Crippen MR) is 115 cm³/mol. The van der Waals surface area contributed by atoms with Crippen LogP contribution in [0.5, 0.6) is 0 Å².